The summed E-state index contributed by atoms with van der Waals surface area (Å²) in [6.45, 7) is 1.95. The van der Waals surface area contributed by atoms with Gasteiger partial charge in [0.15, 0.2) is 0 Å². The van der Waals surface area contributed by atoms with Gasteiger partial charge in [-0.15, -0.1) is 0 Å². The van der Waals surface area contributed by atoms with Gasteiger partial charge in [0.2, 0.25) is 0 Å². The number of hydrogen-bond donors (Lipinski definition) is 1. The zero-order valence-electron chi connectivity index (χ0n) is 6.69. The largest absolute Gasteiger partial charge is 0.570 e. The Morgan fingerprint density at radius 2 is 2.00 bits per heavy atom. The molecule has 4 heteroatoms. The molecule has 0 aliphatic rings. The molecule has 0 aliphatic heterocycles. The Hall–Kier alpha value is -1.47. The van der Waals surface area contributed by atoms with Crippen molar-refractivity contribution in [3.63, 3.8) is 0 Å². The van der Waals surface area contributed by atoms with Crippen LogP contribution in [0.15, 0.2) is 24.3 Å². The van der Waals surface area contributed by atoms with Gasteiger partial charge in [0.25, 0.3) is 6.26 Å². The van der Waals surface area contributed by atoms with Crippen molar-refractivity contribution >= 4 is 12.6 Å². The highest BCUT2D eigenvalue weighted by Gasteiger charge is 2.16. The van der Waals surface area contributed by atoms with Crippen LogP contribution in [-0.4, -0.2) is 12.1 Å². The molecule has 0 heterocycles. The molecule has 0 saturated heterocycles. The number of nitrogens with zero attached hydrogens (tertiary/aromatic N) is 1. The summed E-state index contributed by atoms with van der Waals surface area (Å²) >= 11 is 0. The summed E-state index contributed by atoms with van der Waals surface area (Å²) in [7, 11) is -1.14. The van der Waals surface area contributed by atoms with Crippen molar-refractivity contribution in [2.24, 2.45) is 0 Å². The molecule has 0 radical (unpaired) electrons. The molecule has 0 bridgehead atoms. The van der Waals surface area contributed by atoms with Crippen LogP contribution in [0, 0.1) is 18.4 Å². The van der Waals surface area contributed by atoms with Gasteiger partial charge in [-0.25, -0.2) is 0 Å². The summed E-state index contributed by atoms with van der Waals surface area (Å²) in [5, 5.41) is 17.3. The molecule has 0 fully saturated rings. The van der Waals surface area contributed by atoms with E-state index in [1.807, 2.05) is 19.1 Å². The first-order chi connectivity index (χ1) is 5.74. The Morgan fingerprint density at radius 1 is 1.42 bits per heavy atom. The normalized spacial score (nSPS) is 8.75. The van der Waals surface area contributed by atoms with Crippen LogP contribution >= 0.6 is 0 Å². The minimum atomic E-state index is -1.14. The van der Waals surface area contributed by atoms with Crippen LogP contribution in [-0.2, 0) is 4.65 Å². The Balaban J connectivity index is 2.76. The number of rotatable bonds is 2. The molecule has 1 N–H and O–H groups in total. The van der Waals surface area contributed by atoms with Crippen LogP contribution in [0.2, 0.25) is 0 Å². The maximum atomic E-state index is 9.17. The van der Waals surface area contributed by atoms with Crippen molar-refractivity contribution < 1.29 is 9.68 Å². The topological polar surface area (TPSA) is 53.2 Å². The van der Waals surface area contributed by atoms with E-state index in [0.717, 1.165) is 5.56 Å². The van der Waals surface area contributed by atoms with Crippen molar-refractivity contribution in [1.82, 2.24) is 0 Å². The predicted octanol–water partition coefficient (Wildman–Crippen LogP) is 0.180. The summed E-state index contributed by atoms with van der Waals surface area (Å²) in [5.41, 5.74) is 1.69. The number of aryl methyl sites for hydroxylation is 1. The number of hydrogen-bond acceptors (Lipinski definition) is 3. The molecule has 0 saturated carbocycles. The van der Waals surface area contributed by atoms with Crippen LogP contribution in [0.25, 0.3) is 0 Å². The highest BCUT2D eigenvalue weighted by atomic mass is 16.5. The first-order valence-electron chi connectivity index (χ1n) is 3.53. The molecule has 60 valence electrons. The lowest BCUT2D eigenvalue weighted by molar-refractivity contribution is 0.402. The summed E-state index contributed by atoms with van der Waals surface area (Å²) in [6, 6.07) is 7.13. The third-order valence-corrected chi connectivity index (χ3v) is 1.53. The third kappa shape index (κ3) is 2.01. The van der Waals surface area contributed by atoms with Gasteiger partial charge in [-0.05, 0) is 12.4 Å². The van der Waals surface area contributed by atoms with E-state index in [9.17, 15) is 0 Å². The summed E-state index contributed by atoms with van der Waals surface area (Å²) in [6.07, 6.45) is 1.43. The molecule has 0 spiro atoms. The lowest BCUT2D eigenvalue weighted by Gasteiger charge is -2.01. The molecular formula is C8H8BNO2. The third-order valence-electron chi connectivity index (χ3n) is 1.53. The Bertz CT molecular complexity index is 291. The lowest BCUT2D eigenvalue weighted by Crippen LogP contribution is -2.31. The smallest absolute Gasteiger partial charge is 0.463 e. The first kappa shape index (κ1) is 8.63. The molecule has 1 aromatic carbocycles. The molecule has 0 unspecified atom stereocenters. The molecule has 1 aromatic rings. The Kier molecular flexibility index (Phi) is 2.73. The van der Waals surface area contributed by atoms with Gasteiger partial charge in [-0.1, -0.05) is 29.8 Å². The van der Waals surface area contributed by atoms with Gasteiger partial charge in [-0.2, -0.15) is 5.26 Å². The second kappa shape index (κ2) is 3.79. The summed E-state index contributed by atoms with van der Waals surface area (Å²) in [5.74, 6) is 0. The predicted molar refractivity (Wildman–Crippen MR) is 45.5 cm³/mol. The van der Waals surface area contributed by atoms with Gasteiger partial charge in [0.1, 0.15) is 0 Å². The maximum Gasteiger partial charge on any atom is 0.570 e. The zero-order valence-corrected chi connectivity index (χ0v) is 6.69. The second-order valence-electron chi connectivity index (χ2n) is 2.47. The summed E-state index contributed by atoms with van der Waals surface area (Å²) < 4.78 is 4.33. The van der Waals surface area contributed by atoms with Gasteiger partial charge < -0.3 is 9.68 Å². The van der Waals surface area contributed by atoms with Crippen LogP contribution in [0.3, 0.4) is 0 Å². The van der Waals surface area contributed by atoms with Crippen molar-refractivity contribution in [2.45, 2.75) is 6.92 Å². The van der Waals surface area contributed by atoms with Crippen LogP contribution in [0.5, 0.6) is 0 Å². The number of nitriles is 1. The van der Waals surface area contributed by atoms with E-state index in [2.05, 4.69) is 4.65 Å². The fraction of sp³-hybridized carbons (Fsp3) is 0.125. The van der Waals surface area contributed by atoms with Gasteiger partial charge in [0, 0.05) is 0 Å². The monoisotopic (exact) mass is 161 g/mol. The highest BCUT2D eigenvalue weighted by Crippen LogP contribution is 1.94. The van der Waals surface area contributed by atoms with E-state index in [1.54, 1.807) is 12.1 Å². The quantitative estimate of drug-likeness (QED) is 0.497. The Morgan fingerprint density at radius 3 is 2.50 bits per heavy atom. The van der Waals surface area contributed by atoms with E-state index >= 15 is 0 Å². The van der Waals surface area contributed by atoms with Crippen LogP contribution in [0.4, 0.5) is 0 Å². The van der Waals surface area contributed by atoms with Gasteiger partial charge in [0.05, 0.1) is 0 Å². The molecule has 0 atom stereocenters. The van der Waals surface area contributed by atoms with Crippen molar-refractivity contribution in [1.29, 1.82) is 5.26 Å². The molecule has 0 aliphatic carbocycles. The van der Waals surface area contributed by atoms with E-state index < -0.39 is 7.12 Å². The fourth-order valence-corrected chi connectivity index (χ4v) is 0.849. The van der Waals surface area contributed by atoms with Gasteiger partial charge >= 0.3 is 7.12 Å². The van der Waals surface area contributed by atoms with Crippen molar-refractivity contribution in [3.8, 4) is 6.26 Å². The minimum absolute atomic E-state index is 0.585. The van der Waals surface area contributed by atoms with E-state index in [-0.39, 0.29) is 0 Å². The zero-order chi connectivity index (χ0) is 8.97. The molecule has 12 heavy (non-hydrogen) atoms. The molecule has 3 nitrogen and oxygen atoms in total. The molecular weight excluding hydrogens is 153 g/mol. The lowest BCUT2D eigenvalue weighted by atomic mass is 9.79. The SMILES string of the molecule is Cc1ccc(B(O)OC#N)cc1. The fourth-order valence-electron chi connectivity index (χ4n) is 0.849. The average Bonchev–Trinajstić information content (AvgIpc) is 2.06. The molecule has 0 aromatic heterocycles. The van der Waals surface area contributed by atoms with E-state index in [1.165, 1.54) is 6.26 Å². The maximum absolute atomic E-state index is 9.17. The van der Waals surface area contributed by atoms with Gasteiger partial charge in [-0.3, -0.25) is 0 Å². The first-order valence-corrected chi connectivity index (χ1v) is 3.53. The number of benzene rings is 1. The minimum Gasteiger partial charge on any atom is -0.463 e. The van der Waals surface area contributed by atoms with Crippen LogP contribution in [0.1, 0.15) is 5.56 Å². The summed E-state index contributed by atoms with van der Waals surface area (Å²) in [4.78, 5) is 0. The van der Waals surface area contributed by atoms with Crippen LogP contribution < -0.4 is 5.46 Å². The Labute approximate surface area is 71.4 Å². The molecule has 0 amide bonds. The van der Waals surface area contributed by atoms with E-state index in [4.69, 9.17) is 10.3 Å². The van der Waals surface area contributed by atoms with Crippen molar-refractivity contribution in [2.75, 3.05) is 0 Å². The average molecular weight is 161 g/mol. The second-order valence-corrected chi connectivity index (χ2v) is 2.47. The molecule has 1 rings (SSSR count). The standard InChI is InChI=1S/C8H8BNO2/c1-7-2-4-8(5-3-7)9(11)12-6-10/h2-5,11H,1H3. The highest BCUT2D eigenvalue weighted by molar-refractivity contribution is 6.60. The van der Waals surface area contributed by atoms with E-state index in [0.29, 0.717) is 5.46 Å². The van der Waals surface area contributed by atoms with Crippen molar-refractivity contribution in [3.05, 3.63) is 29.8 Å².